The molecule has 2 amide bonds. The number of alkyl halides is 3. The molecule has 3 N–H and O–H groups in total. The molecule has 0 saturated carbocycles. The number of hydrogen-bond acceptors (Lipinski definition) is 5. The normalized spacial score (nSPS) is 16.4. The first-order chi connectivity index (χ1) is 17.7. The van der Waals surface area contributed by atoms with Gasteiger partial charge in [0.05, 0.1) is 18.8 Å². The fourth-order valence-electron chi connectivity index (χ4n) is 4.03. The number of carbonyl (C=O) groups excluding carboxylic acids is 2. The number of ether oxygens (including phenoxy) is 1. The minimum atomic E-state index is -4.50. The summed E-state index contributed by atoms with van der Waals surface area (Å²) in [6.07, 6.45) is -3.70. The Morgan fingerprint density at radius 2 is 1.65 bits per heavy atom. The van der Waals surface area contributed by atoms with Crippen molar-refractivity contribution in [2.45, 2.75) is 18.6 Å². The maximum absolute atomic E-state index is 13.1. The second-order valence-electron chi connectivity index (χ2n) is 8.81. The van der Waals surface area contributed by atoms with Crippen LogP contribution >= 0.6 is 0 Å². The predicted molar refractivity (Wildman–Crippen MR) is 129 cm³/mol. The number of hydrogen-bond donors (Lipinski definition) is 3. The lowest BCUT2D eigenvalue weighted by Crippen LogP contribution is -2.55. The number of allylic oxidation sites excluding steroid dienone is 2. The van der Waals surface area contributed by atoms with E-state index in [-0.39, 0.29) is 23.8 Å². The fourth-order valence-corrected chi connectivity index (χ4v) is 4.03. The van der Waals surface area contributed by atoms with E-state index in [0.29, 0.717) is 39.4 Å². The molecule has 37 heavy (non-hydrogen) atoms. The molecule has 7 nitrogen and oxygen atoms in total. The Kier molecular flexibility index (Phi) is 8.45. The van der Waals surface area contributed by atoms with Crippen molar-refractivity contribution in [1.29, 1.82) is 0 Å². The number of nitrogens with one attached hydrogen (secondary N) is 3. The minimum Gasteiger partial charge on any atom is -0.387 e. The highest BCUT2D eigenvalue weighted by Gasteiger charge is 2.31. The zero-order chi connectivity index (χ0) is 26.4. The number of carbonyl (C=O) groups is 2. The lowest BCUT2D eigenvalue weighted by atomic mass is 10.1. The van der Waals surface area contributed by atoms with Gasteiger partial charge in [0.1, 0.15) is 11.9 Å². The smallest absolute Gasteiger partial charge is 0.387 e. The Hall–Kier alpha value is -3.44. The highest BCUT2D eigenvalue weighted by Crippen LogP contribution is 2.37. The summed E-state index contributed by atoms with van der Waals surface area (Å²) in [5.41, 5.74) is 2.35. The van der Waals surface area contributed by atoms with Crippen LogP contribution in [0.2, 0.25) is 0 Å². The zero-order valence-corrected chi connectivity index (χ0v) is 20.0. The number of amides is 2. The molecule has 2 aromatic rings. The van der Waals surface area contributed by atoms with Crippen molar-refractivity contribution in [2.24, 2.45) is 0 Å². The van der Waals surface area contributed by atoms with Gasteiger partial charge in [-0.2, -0.15) is 13.2 Å². The second kappa shape index (κ2) is 11.7. The molecular weight excluding hydrogens is 492 g/mol. The van der Waals surface area contributed by atoms with E-state index in [0.717, 1.165) is 47.5 Å². The van der Waals surface area contributed by atoms with Gasteiger partial charge in [-0.05, 0) is 47.5 Å². The minimum absolute atomic E-state index is 0.0310. The highest BCUT2D eigenvalue weighted by atomic mass is 19.4. The van der Waals surface area contributed by atoms with Gasteiger partial charge in [-0.25, -0.2) is 4.39 Å². The first kappa shape index (κ1) is 26.6. The first-order valence-corrected chi connectivity index (χ1v) is 12.0. The molecule has 4 rings (SSSR count). The molecule has 1 heterocycles. The standard InChI is InChI=1S/C26H28F4N4O3/c27-20-7-3-17(4-8-20)21-15-22(21)32-10-9-31-16-23(25(36)34-11-13-37-14-12-34)33-24(35)18-1-5-19(6-2-18)26(28,29)30/h1-8,23,31-32H,9-16H2,(H,33,35)/t23-/m0/s1. The molecule has 198 valence electrons. The maximum Gasteiger partial charge on any atom is 0.416 e. The molecule has 1 atom stereocenters. The van der Waals surface area contributed by atoms with E-state index in [9.17, 15) is 27.2 Å². The van der Waals surface area contributed by atoms with Crippen LogP contribution in [-0.2, 0) is 15.7 Å². The van der Waals surface area contributed by atoms with E-state index in [2.05, 4.69) is 16.0 Å². The monoisotopic (exact) mass is 520 g/mol. The lowest BCUT2D eigenvalue weighted by molar-refractivity contribution is -0.138. The van der Waals surface area contributed by atoms with Gasteiger partial charge in [0.25, 0.3) is 5.91 Å². The molecule has 1 aliphatic carbocycles. The number of benzene rings is 2. The molecular formula is C26H28F4N4O3. The molecule has 0 spiro atoms. The summed E-state index contributed by atoms with van der Waals surface area (Å²) in [5, 5.41) is 9.12. The molecule has 1 saturated heterocycles. The van der Waals surface area contributed by atoms with Gasteiger partial charge in [-0.1, -0.05) is 12.1 Å². The second-order valence-corrected chi connectivity index (χ2v) is 8.81. The molecule has 11 heteroatoms. The largest absolute Gasteiger partial charge is 0.416 e. The van der Waals surface area contributed by atoms with Crippen molar-refractivity contribution in [2.75, 3.05) is 45.9 Å². The Morgan fingerprint density at radius 1 is 0.973 bits per heavy atom. The van der Waals surface area contributed by atoms with Crippen LogP contribution in [0, 0.1) is 5.82 Å². The van der Waals surface area contributed by atoms with Crippen LogP contribution in [0.4, 0.5) is 17.6 Å². The quantitative estimate of drug-likeness (QED) is 0.332. The number of morpholine rings is 1. The van der Waals surface area contributed by atoms with Crippen molar-refractivity contribution >= 4 is 17.4 Å². The van der Waals surface area contributed by atoms with E-state index >= 15 is 0 Å². The summed E-state index contributed by atoms with van der Waals surface area (Å²) < 4.78 is 56.9. The molecule has 0 bridgehead atoms. The lowest BCUT2D eigenvalue weighted by Gasteiger charge is -2.31. The number of nitrogens with zero attached hydrogens (tertiary/aromatic N) is 1. The van der Waals surface area contributed by atoms with Crippen LogP contribution in [0.25, 0.3) is 5.57 Å². The third-order valence-electron chi connectivity index (χ3n) is 6.17. The van der Waals surface area contributed by atoms with Gasteiger partial charge in [-0.3, -0.25) is 9.59 Å². The van der Waals surface area contributed by atoms with Crippen molar-refractivity contribution < 1.29 is 31.9 Å². The average Bonchev–Trinajstić information content (AvgIpc) is 3.67. The molecule has 0 unspecified atom stereocenters. The van der Waals surface area contributed by atoms with E-state index in [1.165, 1.54) is 12.1 Å². The fraction of sp³-hybridized carbons (Fsp3) is 0.385. The summed E-state index contributed by atoms with van der Waals surface area (Å²) in [5.74, 6) is -1.20. The summed E-state index contributed by atoms with van der Waals surface area (Å²) in [4.78, 5) is 27.4. The average molecular weight is 521 g/mol. The Bertz CT molecular complexity index is 1130. The molecule has 2 aliphatic rings. The third-order valence-corrected chi connectivity index (χ3v) is 6.17. The van der Waals surface area contributed by atoms with Gasteiger partial charge >= 0.3 is 6.18 Å². The molecule has 1 aliphatic heterocycles. The number of halogens is 4. The summed E-state index contributed by atoms with van der Waals surface area (Å²) in [6, 6.07) is 9.27. The van der Waals surface area contributed by atoms with Crippen LogP contribution in [0.1, 0.15) is 27.9 Å². The van der Waals surface area contributed by atoms with E-state index in [1.54, 1.807) is 17.0 Å². The van der Waals surface area contributed by atoms with Gasteiger partial charge in [0, 0.05) is 50.4 Å². The van der Waals surface area contributed by atoms with Crippen molar-refractivity contribution in [3.8, 4) is 0 Å². The third kappa shape index (κ3) is 7.30. The molecule has 1 fully saturated rings. The van der Waals surface area contributed by atoms with Gasteiger partial charge in [-0.15, -0.1) is 0 Å². The van der Waals surface area contributed by atoms with Crippen LogP contribution in [0.15, 0.2) is 54.2 Å². The van der Waals surface area contributed by atoms with Crippen molar-refractivity contribution in [1.82, 2.24) is 20.9 Å². The van der Waals surface area contributed by atoms with Crippen molar-refractivity contribution in [3.63, 3.8) is 0 Å². The molecule has 0 aromatic heterocycles. The highest BCUT2D eigenvalue weighted by molar-refractivity contribution is 5.97. The molecule has 2 aromatic carbocycles. The SMILES string of the molecule is O=C(N[C@@H](CNCCNC1=C(c2ccc(F)cc2)C1)C(=O)N1CCOCC1)c1ccc(C(F)(F)F)cc1. The Morgan fingerprint density at radius 3 is 2.30 bits per heavy atom. The topological polar surface area (TPSA) is 82.7 Å². The van der Waals surface area contributed by atoms with Crippen molar-refractivity contribution in [3.05, 3.63) is 76.7 Å². The zero-order valence-electron chi connectivity index (χ0n) is 20.0. The van der Waals surface area contributed by atoms with Gasteiger partial charge in [0.15, 0.2) is 0 Å². The maximum atomic E-state index is 13.1. The number of rotatable bonds is 10. The first-order valence-electron chi connectivity index (χ1n) is 12.0. The Labute approximate surface area is 211 Å². The van der Waals surface area contributed by atoms with E-state index < -0.39 is 23.7 Å². The summed E-state index contributed by atoms with van der Waals surface area (Å²) in [6.45, 7) is 2.81. The Balaban J connectivity index is 1.30. The van der Waals surface area contributed by atoms with E-state index in [4.69, 9.17) is 4.74 Å². The van der Waals surface area contributed by atoms with Crippen LogP contribution in [0.5, 0.6) is 0 Å². The van der Waals surface area contributed by atoms with Gasteiger partial charge < -0.3 is 25.6 Å². The molecule has 0 radical (unpaired) electrons. The van der Waals surface area contributed by atoms with E-state index in [1.807, 2.05) is 0 Å². The van der Waals surface area contributed by atoms with Crippen LogP contribution in [-0.4, -0.2) is 68.7 Å². The van der Waals surface area contributed by atoms with Crippen LogP contribution in [0.3, 0.4) is 0 Å². The summed E-state index contributed by atoms with van der Waals surface area (Å²) >= 11 is 0. The van der Waals surface area contributed by atoms with Crippen LogP contribution < -0.4 is 16.0 Å². The predicted octanol–water partition coefficient (Wildman–Crippen LogP) is 2.80. The van der Waals surface area contributed by atoms with Gasteiger partial charge in [0.2, 0.25) is 5.91 Å². The summed E-state index contributed by atoms with van der Waals surface area (Å²) in [7, 11) is 0.